The standard InChI is InChI=1S/C14H17ClFN3/c15-10-7-12-13(8-11(10)16)19(14(17)18-12)6-5-9-3-1-2-4-9/h7-9H,1-6H2,(H2,17,18). The Morgan fingerprint density at radius 1 is 1.37 bits per heavy atom. The number of nitrogens with zero attached hydrogens (tertiary/aromatic N) is 2. The molecule has 2 aromatic rings. The molecule has 0 unspecified atom stereocenters. The average molecular weight is 282 g/mol. The van der Waals surface area contributed by atoms with Crippen LogP contribution in [0, 0.1) is 11.7 Å². The van der Waals surface area contributed by atoms with E-state index in [1.54, 1.807) is 0 Å². The van der Waals surface area contributed by atoms with Gasteiger partial charge in [-0.05, 0) is 18.4 Å². The molecule has 1 aliphatic carbocycles. The molecule has 19 heavy (non-hydrogen) atoms. The number of aromatic nitrogens is 2. The van der Waals surface area contributed by atoms with Crippen molar-refractivity contribution in [1.82, 2.24) is 9.55 Å². The number of nitrogen functional groups attached to an aromatic ring is 1. The predicted molar refractivity (Wildman–Crippen MR) is 75.7 cm³/mol. The number of rotatable bonds is 3. The Morgan fingerprint density at radius 3 is 2.84 bits per heavy atom. The lowest BCUT2D eigenvalue weighted by Crippen LogP contribution is -2.07. The Bertz CT molecular complexity index is 602. The molecular formula is C14H17ClFN3. The number of anilines is 1. The summed E-state index contributed by atoms with van der Waals surface area (Å²) >= 11 is 5.76. The van der Waals surface area contributed by atoms with Gasteiger partial charge >= 0.3 is 0 Å². The molecule has 5 heteroatoms. The summed E-state index contributed by atoms with van der Waals surface area (Å²) in [6.07, 6.45) is 6.34. The highest BCUT2D eigenvalue weighted by molar-refractivity contribution is 6.31. The summed E-state index contributed by atoms with van der Waals surface area (Å²) in [6.45, 7) is 0.800. The number of halogens is 2. The molecule has 1 fully saturated rings. The normalized spacial score (nSPS) is 16.5. The fourth-order valence-corrected chi connectivity index (χ4v) is 3.14. The Kier molecular flexibility index (Phi) is 3.35. The molecule has 0 bridgehead atoms. The number of imidazole rings is 1. The van der Waals surface area contributed by atoms with Crippen LogP contribution < -0.4 is 5.73 Å². The van der Waals surface area contributed by atoms with Crippen LogP contribution in [0.3, 0.4) is 0 Å². The number of nitrogens with two attached hydrogens (primary N) is 1. The van der Waals surface area contributed by atoms with E-state index in [2.05, 4.69) is 4.98 Å². The van der Waals surface area contributed by atoms with Crippen molar-refractivity contribution in [3.05, 3.63) is 23.0 Å². The Hall–Kier alpha value is -1.29. The number of fused-ring (bicyclic) bond motifs is 1. The maximum Gasteiger partial charge on any atom is 0.201 e. The van der Waals surface area contributed by atoms with Gasteiger partial charge in [-0.1, -0.05) is 37.3 Å². The topological polar surface area (TPSA) is 43.8 Å². The fraction of sp³-hybridized carbons (Fsp3) is 0.500. The third-order valence-corrected chi connectivity index (χ3v) is 4.35. The maximum absolute atomic E-state index is 13.6. The first-order chi connectivity index (χ1) is 9.15. The molecule has 1 saturated carbocycles. The largest absolute Gasteiger partial charge is 0.369 e. The van der Waals surface area contributed by atoms with Crippen molar-refractivity contribution in [2.45, 2.75) is 38.6 Å². The van der Waals surface area contributed by atoms with E-state index < -0.39 is 5.82 Å². The van der Waals surface area contributed by atoms with Crippen molar-refractivity contribution in [2.24, 2.45) is 5.92 Å². The van der Waals surface area contributed by atoms with Crippen LogP contribution >= 0.6 is 11.6 Å². The molecule has 0 spiro atoms. The Balaban J connectivity index is 1.89. The van der Waals surface area contributed by atoms with Crippen LogP contribution in [-0.2, 0) is 6.54 Å². The molecule has 0 radical (unpaired) electrons. The Labute approximate surface area is 116 Å². The van der Waals surface area contributed by atoms with E-state index in [0.29, 0.717) is 11.5 Å². The molecule has 0 aliphatic heterocycles. The van der Waals surface area contributed by atoms with E-state index in [4.69, 9.17) is 17.3 Å². The van der Waals surface area contributed by atoms with Gasteiger partial charge in [0.15, 0.2) is 0 Å². The predicted octanol–water partition coefficient (Wildman–Crippen LogP) is 3.99. The van der Waals surface area contributed by atoms with Gasteiger partial charge in [-0.2, -0.15) is 0 Å². The average Bonchev–Trinajstić information content (AvgIpc) is 2.96. The second-order valence-corrected chi connectivity index (χ2v) is 5.72. The summed E-state index contributed by atoms with van der Waals surface area (Å²) in [4.78, 5) is 4.25. The number of hydrogen-bond donors (Lipinski definition) is 1. The summed E-state index contributed by atoms with van der Waals surface area (Å²) in [5.41, 5.74) is 7.32. The third kappa shape index (κ3) is 2.41. The van der Waals surface area contributed by atoms with E-state index >= 15 is 0 Å². The summed E-state index contributed by atoms with van der Waals surface area (Å²) in [6, 6.07) is 2.96. The van der Waals surface area contributed by atoms with Gasteiger partial charge in [-0.15, -0.1) is 0 Å². The van der Waals surface area contributed by atoms with Gasteiger partial charge in [0.25, 0.3) is 0 Å². The SMILES string of the molecule is Nc1nc2cc(Cl)c(F)cc2n1CCC1CCCC1. The smallest absolute Gasteiger partial charge is 0.201 e. The minimum Gasteiger partial charge on any atom is -0.369 e. The highest BCUT2D eigenvalue weighted by atomic mass is 35.5. The van der Waals surface area contributed by atoms with E-state index in [1.807, 2.05) is 4.57 Å². The number of benzene rings is 1. The van der Waals surface area contributed by atoms with Crippen molar-refractivity contribution in [1.29, 1.82) is 0 Å². The van der Waals surface area contributed by atoms with Crippen LogP contribution in [0.5, 0.6) is 0 Å². The molecule has 3 rings (SSSR count). The van der Waals surface area contributed by atoms with Crippen LogP contribution in [0.1, 0.15) is 32.1 Å². The monoisotopic (exact) mass is 281 g/mol. The summed E-state index contributed by atoms with van der Waals surface area (Å²) in [5, 5.41) is 0.0907. The zero-order valence-corrected chi connectivity index (χ0v) is 11.5. The van der Waals surface area contributed by atoms with Crippen LogP contribution in [0.25, 0.3) is 11.0 Å². The molecule has 3 nitrogen and oxygen atoms in total. The van der Waals surface area contributed by atoms with Crippen LogP contribution in [-0.4, -0.2) is 9.55 Å². The van der Waals surface area contributed by atoms with Gasteiger partial charge < -0.3 is 10.3 Å². The summed E-state index contributed by atoms with van der Waals surface area (Å²) in [5.74, 6) is 0.792. The van der Waals surface area contributed by atoms with Crippen LogP contribution in [0.4, 0.5) is 10.3 Å². The van der Waals surface area contributed by atoms with Gasteiger partial charge in [0, 0.05) is 12.6 Å². The van der Waals surface area contributed by atoms with Crippen molar-refractivity contribution in [3.8, 4) is 0 Å². The van der Waals surface area contributed by atoms with E-state index in [0.717, 1.165) is 24.4 Å². The second-order valence-electron chi connectivity index (χ2n) is 5.32. The summed E-state index contributed by atoms with van der Waals surface area (Å²) in [7, 11) is 0. The summed E-state index contributed by atoms with van der Waals surface area (Å²) < 4.78 is 15.5. The lowest BCUT2D eigenvalue weighted by molar-refractivity contribution is 0.464. The van der Waals surface area contributed by atoms with Gasteiger partial charge in [-0.25, -0.2) is 9.37 Å². The maximum atomic E-state index is 13.6. The zero-order chi connectivity index (χ0) is 13.4. The number of aryl methyl sites for hydroxylation is 1. The van der Waals surface area contributed by atoms with Gasteiger partial charge in [0.1, 0.15) is 5.82 Å². The van der Waals surface area contributed by atoms with Gasteiger partial charge in [0.05, 0.1) is 16.1 Å². The minimum atomic E-state index is -0.420. The van der Waals surface area contributed by atoms with Crippen molar-refractivity contribution >= 4 is 28.6 Å². The van der Waals surface area contributed by atoms with Gasteiger partial charge in [-0.3, -0.25) is 0 Å². The molecule has 0 atom stereocenters. The lowest BCUT2D eigenvalue weighted by Gasteiger charge is -2.11. The Morgan fingerprint density at radius 2 is 2.11 bits per heavy atom. The quantitative estimate of drug-likeness (QED) is 0.924. The molecule has 1 aromatic carbocycles. The molecule has 2 N–H and O–H groups in total. The van der Waals surface area contributed by atoms with Gasteiger partial charge in [0.2, 0.25) is 5.95 Å². The van der Waals surface area contributed by atoms with Crippen LogP contribution in [0.15, 0.2) is 12.1 Å². The molecule has 102 valence electrons. The van der Waals surface area contributed by atoms with Crippen molar-refractivity contribution in [2.75, 3.05) is 5.73 Å². The minimum absolute atomic E-state index is 0.0907. The van der Waals surface area contributed by atoms with Crippen molar-refractivity contribution in [3.63, 3.8) is 0 Å². The molecule has 1 heterocycles. The highest BCUT2D eigenvalue weighted by Crippen LogP contribution is 2.30. The van der Waals surface area contributed by atoms with Crippen LogP contribution in [0.2, 0.25) is 5.02 Å². The zero-order valence-electron chi connectivity index (χ0n) is 10.7. The first-order valence-corrected chi connectivity index (χ1v) is 7.13. The van der Waals surface area contributed by atoms with E-state index in [9.17, 15) is 4.39 Å². The lowest BCUT2D eigenvalue weighted by atomic mass is 10.0. The molecular weight excluding hydrogens is 265 g/mol. The van der Waals surface area contributed by atoms with Crippen molar-refractivity contribution < 1.29 is 4.39 Å². The fourth-order valence-electron chi connectivity index (χ4n) is 2.98. The van der Waals surface area contributed by atoms with E-state index in [-0.39, 0.29) is 5.02 Å². The van der Waals surface area contributed by atoms with E-state index in [1.165, 1.54) is 37.8 Å². The molecule has 0 saturated heterocycles. The first-order valence-electron chi connectivity index (χ1n) is 6.76. The molecule has 1 aliphatic rings. The third-order valence-electron chi connectivity index (χ3n) is 4.06. The molecule has 0 amide bonds. The number of hydrogen-bond acceptors (Lipinski definition) is 2. The first kappa shape index (κ1) is 12.7. The molecule has 1 aromatic heterocycles. The highest BCUT2D eigenvalue weighted by Gasteiger charge is 2.17. The second kappa shape index (κ2) is 5.00.